The van der Waals surface area contributed by atoms with Crippen molar-refractivity contribution in [3.05, 3.63) is 52.2 Å². The van der Waals surface area contributed by atoms with Crippen LogP contribution in [0.4, 0.5) is 5.69 Å². The normalized spacial score (nSPS) is 16.8. The fourth-order valence-electron chi connectivity index (χ4n) is 2.43. The quantitative estimate of drug-likeness (QED) is 0.932. The van der Waals surface area contributed by atoms with Crippen molar-refractivity contribution in [1.29, 1.82) is 0 Å². The lowest BCUT2D eigenvalue weighted by atomic mass is 10.1. The highest BCUT2D eigenvalue weighted by Crippen LogP contribution is 2.26. The maximum absolute atomic E-state index is 12.4. The first-order valence-electron chi connectivity index (χ1n) is 6.36. The monoisotopic (exact) mass is 272 g/mol. The van der Waals surface area contributed by atoms with Crippen LogP contribution in [0.3, 0.4) is 0 Å². The summed E-state index contributed by atoms with van der Waals surface area (Å²) >= 11 is 1.68. The van der Waals surface area contributed by atoms with Crippen LogP contribution in [0.25, 0.3) is 0 Å². The Hall–Kier alpha value is -1.81. The van der Waals surface area contributed by atoms with E-state index in [2.05, 4.69) is 17.4 Å². The zero-order valence-electron chi connectivity index (χ0n) is 10.8. The summed E-state index contributed by atoms with van der Waals surface area (Å²) in [5.74, 6) is 0.157. The molecule has 1 unspecified atom stereocenters. The first-order chi connectivity index (χ1) is 9.24. The molecule has 1 aliphatic rings. The second-order valence-electron chi connectivity index (χ2n) is 4.83. The Morgan fingerprint density at radius 3 is 2.95 bits per heavy atom. The van der Waals surface area contributed by atoms with Crippen LogP contribution in [0.15, 0.2) is 41.8 Å². The second kappa shape index (κ2) is 5.05. The van der Waals surface area contributed by atoms with Crippen molar-refractivity contribution in [1.82, 2.24) is 4.90 Å². The molecule has 19 heavy (non-hydrogen) atoms. The number of anilines is 1. The first kappa shape index (κ1) is 12.2. The third-order valence-electron chi connectivity index (χ3n) is 3.42. The van der Waals surface area contributed by atoms with Gasteiger partial charge in [-0.2, -0.15) is 0 Å². The minimum Gasteiger partial charge on any atom is -0.373 e. The van der Waals surface area contributed by atoms with Crippen molar-refractivity contribution in [2.45, 2.75) is 19.0 Å². The number of fused-ring (bicyclic) bond motifs is 1. The molecule has 1 atom stereocenters. The molecule has 1 aromatic heterocycles. The number of hydrogen-bond donors (Lipinski definition) is 1. The number of carbonyl (C=O) groups is 1. The van der Waals surface area contributed by atoms with E-state index in [9.17, 15) is 4.79 Å². The maximum atomic E-state index is 12.4. The average molecular weight is 272 g/mol. The van der Waals surface area contributed by atoms with Gasteiger partial charge in [0.1, 0.15) is 6.04 Å². The molecule has 1 aliphatic heterocycles. The molecule has 0 radical (unpaired) electrons. The van der Waals surface area contributed by atoms with E-state index in [1.54, 1.807) is 16.2 Å². The van der Waals surface area contributed by atoms with Crippen LogP contribution in [0.2, 0.25) is 0 Å². The summed E-state index contributed by atoms with van der Waals surface area (Å²) in [4.78, 5) is 15.4. The Morgan fingerprint density at radius 1 is 1.37 bits per heavy atom. The lowest BCUT2D eigenvalue weighted by Crippen LogP contribution is -2.39. The third kappa shape index (κ3) is 2.49. The number of nitrogens with zero attached hydrogens (tertiary/aromatic N) is 1. The van der Waals surface area contributed by atoms with Gasteiger partial charge in [-0.05, 0) is 23.1 Å². The fraction of sp³-hybridized carbons (Fsp3) is 0.267. The number of hydrogen-bond acceptors (Lipinski definition) is 3. The number of amides is 1. The Kier molecular flexibility index (Phi) is 3.25. The van der Waals surface area contributed by atoms with Gasteiger partial charge in [0.05, 0.1) is 6.54 Å². The average Bonchev–Trinajstić information content (AvgIpc) is 3.05. The lowest BCUT2D eigenvalue weighted by molar-refractivity contribution is -0.131. The van der Waals surface area contributed by atoms with Crippen molar-refractivity contribution >= 4 is 22.9 Å². The summed E-state index contributed by atoms with van der Waals surface area (Å²) in [6.45, 7) is 0.686. The minimum absolute atomic E-state index is 0.123. The fourth-order valence-corrected chi connectivity index (χ4v) is 3.18. The number of likely N-dealkylation sites (N-methyl/N-ethyl adjacent to an activating group) is 1. The number of benzene rings is 1. The molecule has 98 valence electrons. The van der Waals surface area contributed by atoms with Gasteiger partial charge in [-0.25, -0.2) is 0 Å². The molecular weight excluding hydrogens is 256 g/mol. The molecule has 0 saturated carbocycles. The highest BCUT2D eigenvalue weighted by molar-refractivity contribution is 7.09. The van der Waals surface area contributed by atoms with Crippen LogP contribution in [0, 0.1) is 0 Å². The molecule has 2 aromatic rings. The van der Waals surface area contributed by atoms with E-state index in [4.69, 9.17) is 0 Å². The van der Waals surface area contributed by atoms with Crippen LogP contribution < -0.4 is 5.32 Å². The van der Waals surface area contributed by atoms with E-state index in [1.165, 1.54) is 10.4 Å². The van der Waals surface area contributed by atoms with Crippen molar-refractivity contribution in [2.75, 3.05) is 12.4 Å². The first-order valence-corrected chi connectivity index (χ1v) is 7.24. The van der Waals surface area contributed by atoms with Crippen LogP contribution in [0.5, 0.6) is 0 Å². The third-order valence-corrected chi connectivity index (χ3v) is 4.28. The molecule has 3 rings (SSSR count). The summed E-state index contributed by atoms with van der Waals surface area (Å²) in [5.41, 5.74) is 2.32. The molecule has 0 bridgehead atoms. The highest BCUT2D eigenvalue weighted by atomic mass is 32.1. The van der Waals surface area contributed by atoms with Gasteiger partial charge in [0.2, 0.25) is 5.91 Å². The zero-order valence-corrected chi connectivity index (χ0v) is 11.6. The predicted molar refractivity (Wildman–Crippen MR) is 78.3 cm³/mol. The minimum atomic E-state index is -0.123. The van der Waals surface area contributed by atoms with Gasteiger partial charge < -0.3 is 10.2 Å². The summed E-state index contributed by atoms with van der Waals surface area (Å²) in [7, 11) is 1.87. The number of para-hydroxylation sites is 1. The Bertz CT molecular complexity index is 555. The van der Waals surface area contributed by atoms with E-state index in [0.29, 0.717) is 6.54 Å². The summed E-state index contributed by atoms with van der Waals surface area (Å²) < 4.78 is 0. The lowest BCUT2D eigenvalue weighted by Gasteiger charge is -2.20. The molecule has 0 fully saturated rings. The van der Waals surface area contributed by atoms with E-state index in [1.807, 2.05) is 36.7 Å². The molecule has 3 nitrogen and oxygen atoms in total. The molecule has 1 amide bonds. The zero-order chi connectivity index (χ0) is 13.2. The van der Waals surface area contributed by atoms with Crippen LogP contribution in [-0.2, 0) is 17.8 Å². The number of carbonyl (C=O) groups excluding carboxylic acids is 1. The van der Waals surface area contributed by atoms with Gasteiger partial charge in [0.15, 0.2) is 0 Å². The van der Waals surface area contributed by atoms with E-state index < -0.39 is 0 Å². The van der Waals surface area contributed by atoms with Crippen molar-refractivity contribution < 1.29 is 4.79 Å². The van der Waals surface area contributed by atoms with Crippen molar-refractivity contribution in [2.24, 2.45) is 0 Å². The Balaban J connectivity index is 1.66. The van der Waals surface area contributed by atoms with Gasteiger partial charge in [-0.15, -0.1) is 11.3 Å². The maximum Gasteiger partial charge on any atom is 0.245 e. The van der Waals surface area contributed by atoms with Crippen LogP contribution in [0.1, 0.15) is 10.4 Å². The number of rotatable bonds is 3. The molecule has 1 aromatic carbocycles. The SMILES string of the molecule is CN(Cc1cccs1)C(=O)C1Cc2ccccc2N1. The molecule has 0 aliphatic carbocycles. The Morgan fingerprint density at radius 2 is 2.21 bits per heavy atom. The standard InChI is InChI=1S/C15H16N2OS/c1-17(10-12-6-4-8-19-12)15(18)14-9-11-5-2-3-7-13(11)16-14/h2-8,14,16H,9-10H2,1H3. The van der Waals surface area contributed by atoms with E-state index >= 15 is 0 Å². The molecule has 4 heteroatoms. The number of thiophene rings is 1. The molecule has 0 spiro atoms. The number of nitrogens with one attached hydrogen (secondary N) is 1. The van der Waals surface area contributed by atoms with Gasteiger partial charge in [-0.1, -0.05) is 24.3 Å². The smallest absolute Gasteiger partial charge is 0.245 e. The highest BCUT2D eigenvalue weighted by Gasteiger charge is 2.28. The Labute approximate surface area is 116 Å². The van der Waals surface area contributed by atoms with Gasteiger partial charge in [0, 0.05) is 24.0 Å². The molecule has 2 heterocycles. The van der Waals surface area contributed by atoms with Crippen LogP contribution >= 0.6 is 11.3 Å². The van der Waals surface area contributed by atoms with Crippen molar-refractivity contribution in [3.8, 4) is 0 Å². The summed E-state index contributed by atoms with van der Waals surface area (Å²) in [6, 6.07) is 12.1. The van der Waals surface area contributed by atoms with Gasteiger partial charge in [0.25, 0.3) is 0 Å². The van der Waals surface area contributed by atoms with Crippen molar-refractivity contribution in [3.63, 3.8) is 0 Å². The van der Waals surface area contributed by atoms with Gasteiger partial charge in [-0.3, -0.25) is 4.79 Å². The second-order valence-corrected chi connectivity index (χ2v) is 5.86. The summed E-state index contributed by atoms with van der Waals surface area (Å²) in [6.07, 6.45) is 0.782. The van der Waals surface area contributed by atoms with E-state index in [-0.39, 0.29) is 11.9 Å². The molecule has 1 N–H and O–H groups in total. The molecular formula is C15H16N2OS. The van der Waals surface area contributed by atoms with Gasteiger partial charge >= 0.3 is 0 Å². The largest absolute Gasteiger partial charge is 0.373 e. The van der Waals surface area contributed by atoms with Crippen LogP contribution in [-0.4, -0.2) is 23.9 Å². The predicted octanol–water partition coefficient (Wildman–Crippen LogP) is 2.74. The van der Waals surface area contributed by atoms with E-state index in [0.717, 1.165) is 12.1 Å². The molecule has 0 saturated heterocycles. The topological polar surface area (TPSA) is 32.3 Å². The summed E-state index contributed by atoms with van der Waals surface area (Å²) in [5, 5.41) is 5.35.